The third-order valence-corrected chi connectivity index (χ3v) is 5.01. The normalized spacial score (nSPS) is 14.9. The molecule has 0 spiro atoms. The highest BCUT2D eigenvalue weighted by Crippen LogP contribution is 2.34. The van der Waals surface area contributed by atoms with Crippen LogP contribution in [0.2, 0.25) is 0 Å². The van der Waals surface area contributed by atoms with E-state index >= 15 is 0 Å². The van der Waals surface area contributed by atoms with Crippen molar-refractivity contribution in [1.82, 2.24) is 9.97 Å². The SMILES string of the molecule is [2H]C([2H])([2H])c1ccc2c(n1)oc1c(-c3cc(CC([2H])([2H])c4ccc(C)cc4)ccn3)cccc12. The Labute approximate surface area is 177 Å². The number of furan rings is 1. The van der Waals surface area contributed by atoms with Crippen molar-refractivity contribution in [1.29, 1.82) is 0 Å². The van der Waals surface area contributed by atoms with Crippen LogP contribution in [0.15, 0.2) is 77.3 Å². The maximum atomic E-state index is 8.60. The van der Waals surface area contributed by atoms with E-state index in [2.05, 4.69) is 9.97 Å². The van der Waals surface area contributed by atoms with Gasteiger partial charge in [0.15, 0.2) is 0 Å². The summed E-state index contributed by atoms with van der Waals surface area (Å²) in [4.78, 5) is 8.73. The van der Waals surface area contributed by atoms with Gasteiger partial charge >= 0.3 is 0 Å². The zero-order valence-corrected chi connectivity index (χ0v) is 15.9. The highest BCUT2D eigenvalue weighted by molar-refractivity contribution is 6.08. The van der Waals surface area contributed by atoms with Gasteiger partial charge in [0, 0.05) is 35.1 Å². The smallest absolute Gasteiger partial charge is 0.227 e. The van der Waals surface area contributed by atoms with Gasteiger partial charge < -0.3 is 4.42 Å². The summed E-state index contributed by atoms with van der Waals surface area (Å²) < 4.78 is 46.1. The predicted octanol–water partition coefficient (Wildman–Crippen LogP) is 6.45. The molecular weight excluding hydrogens is 356 g/mol. The van der Waals surface area contributed by atoms with Crippen molar-refractivity contribution in [3.8, 4) is 11.3 Å². The van der Waals surface area contributed by atoms with Crippen molar-refractivity contribution in [2.45, 2.75) is 26.6 Å². The van der Waals surface area contributed by atoms with E-state index in [1.165, 1.54) is 6.07 Å². The van der Waals surface area contributed by atoms with Crippen LogP contribution >= 0.6 is 0 Å². The predicted molar refractivity (Wildman–Crippen MR) is 118 cm³/mol. The molecule has 0 saturated carbocycles. The molecule has 5 aromatic rings. The van der Waals surface area contributed by atoms with Crippen LogP contribution in [-0.2, 0) is 12.8 Å². The Hall–Kier alpha value is -3.46. The number of aryl methyl sites for hydroxylation is 4. The zero-order chi connectivity index (χ0) is 24.1. The van der Waals surface area contributed by atoms with Crippen LogP contribution in [0.25, 0.3) is 33.3 Å². The molecule has 0 fully saturated rings. The first kappa shape index (κ1) is 12.9. The van der Waals surface area contributed by atoms with Crippen molar-refractivity contribution >= 4 is 22.1 Å². The number of benzene rings is 2. The van der Waals surface area contributed by atoms with Crippen LogP contribution in [0.4, 0.5) is 0 Å². The third kappa shape index (κ3) is 3.40. The van der Waals surface area contributed by atoms with Gasteiger partial charge in [-0.3, -0.25) is 4.98 Å². The maximum absolute atomic E-state index is 8.60. The number of nitrogens with zero attached hydrogens (tertiary/aromatic N) is 2. The fourth-order valence-corrected chi connectivity index (χ4v) is 3.49. The van der Waals surface area contributed by atoms with Crippen LogP contribution < -0.4 is 0 Å². The highest BCUT2D eigenvalue weighted by Gasteiger charge is 2.14. The molecule has 3 nitrogen and oxygen atoms in total. The number of hydrogen-bond acceptors (Lipinski definition) is 3. The minimum Gasteiger partial charge on any atom is -0.437 e. The topological polar surface area (TPSA) is 38.9 Å². The fourth-order valence-electron chi connectivity index (χ4n) is 3.49. The second-order valence-corrected chi connectivity index (χ2v) is 7.10. The molecule has 0 N–H and O–H groups in total. The van der Waals surface area contributed by atoms with Crippen molar-refractivity contribution in [3.05, 3.63) is 95.3 Å². The first-order valence-electron chi connectivity index (χ1n) is 12.0. The maximum Gasteiger partial charge on any atom is 0.227 e. The molecule has 142 valence electrons. The standard InChI is InChI=1S/C26H22N2O/c1-17-6-9-19(10-7-17)11-12-20-14-15-27-24(16-20)23-5-3-4-21-22-13-8-18(2)28-26(22)29-25(21)23/h3-10,13-16H,11-12H2,1-2H3/i2D3,11D2. The van der Waals surface area contributed by atoms with Crippen molar-refractivity contribution in [2.24, 2.45) is 0 Å². The van der Waals surface area contributed by atoms with E-state index in [0.29, 0.717) is 16.8 Å². The first-order valence-corrected chi connectivity index (χ1v) is 9.47. The molecule has 2 aromatic carbocycles. The van der Waals surface area contributed by atoms with E-state index in [1.807, 2.05) is 61.5 Å². The zero-order valence-electron chi connectivity index (χ0n) is 20.9. The van der Waals surface area contributed by atoms with Crippen LogP contribution in [0, 0.1) is 13.8 Å². The molecule has 0 saturated heterocycles. The molecule has 3 heteroatoms. The summed E-state index contributed by atoms with van der Waals surface area (Å²) in [6, 6.07) is 20.1. The van der Waals surface area contributed by atoms with Gasteiger partial charge in [-0.15, -0.1) is 0 Å². The van der Waals surface area contributed by atoms with E-state index in [0.717, 1.165) is 27.5 Å². The molecule has 0 aliphatic carbocycles. The lowest BCUT2D eigenvalue weighted by molar-refractivity contribution is 0.653. The average molecular weight is 384 g/mol. The lowest BCUT2D eigenvalue weighted by Crippen LogP contribution is -1.93. The summed E-state index contributed by atoms with van der Waals surface area (Å²) in [6.45, 7) is -0.338. The monoisotopic (exact) mass is 383 g/mol. The number of pyridine rings is 2. The second-order valence-electron chi connectivity index (χ2n) is 7.10. The number of rotatable bonds is 4. The van der Waals surface area contributed by atoms with Gasteiger partial charge in [0.25, 0.3) is 0 Å². The van der Waals surface area contributed by atoms with Gasteiger partial charge in [0.05, 0.1) is 5.69 Å². The minimum atomic E-state index is -2.32. The molecule has 5 rings (SSSR count). The molecule has 0 atom stereocenters. The van der Waals surface area contributed by atoms with Crippen LogP contribution in [0.1, 0.15) is 29.2 Å². The van der Waals surface area contributed by atoms with Gasteiger partial charge in [0.2, 0.25) is 5.71 Å². The summed E-state index contributed by atoms with van der Waals surface area (Å²) in [5.41, 5.74) is 4.74. The largest absolute Gasteiger partial charge is 0.437 e. The molecular formula is C26H22N2O. The average Bonchev–Trinajstić information content (AvgIpc) is 3.17. The third-order valence-electron chi connectivity index (χ3n) is 5.01. The molecule has 3 aromatic heterocycles. The van der Waals surface area contributed by atoms with E-state index in [4.69, 9.17) is 11.3 Å². The van der Waals surface area contributed by atoms with E-state index in [-0.39, 0.29) is 17.8 Å². The highest BCUT2D eigenvalue weighted by atomic mass is 16.3. The Kier molecular flexibility index (Phi) is 3.19. The van der Waals surface area contributed by atoms with Gasteiger partial charge in [-0.05, 0) is 68.0 Å². The molecule has 29 heavy (non-hydrogen) atoms. The molecule has 0 bridgehead atoms. The Balaban J connectivity index is 1.55. The Bertz CT molecular complexity index is 1500. The summed E-state index contributed by atoms with van der Waals surface area (Å²) >= 11 is 0. The van der Waals surface area contributed by atoms with Gasteiger partial charge in [-0.2, -0.15) is 0 Å². The van der Waals surface area contributed by atoms with Gasteiger partial charge in [-0.1, -0.05) is 42.0 Å². The summed E-state index contributed by atoms with van der Waals surface area (Å²) in [7, 11) is 0. The van der Waals surface area contributed by atoms with Crippen molar-refractivity contribution in [3.63, 3.8) is 0 Å². The summed E-state index contributed by atoms with van der Waals surface area (Å²) in [5.74, 6) is 0. The quantitative estimate of drug-likeness (QED) is 0.358. The Morgan fingerprint density at radius 3 is 2.72 bits per heavy atom. The summed E-state index contributed by atoms with van der Waals surface area (Å²) in [5, 5.41) is 1.55. The van der Waals surface area contributed by atoms with Gasteiger partial charge in [-0.25, -0.2) is 4.98 Å². The molecule has 0 amide bonds. The van der Waals surface area contributed by atoms with E-state index in [9.17, 15) is 0 Å². The lowest BCUT2D eigenvalue weighted by Gasteiger charge is -2.06. The molecule has 0 unspecified atom stereocenters. The van der Waals surface area contributed by atoms with Crippen LogP contribution in [0.5, 0.6) is 0 Å². The molecule has 0 aliphatic rings. The number of para-hydroxylation sites is 1. The first-order chi connectivity index (χ1) is 16.1. The molecule has 0 aliphatic heterocycles. The number of aromatic nitrogens is 2. The van der Waals surface area contributed by atoms with Gasteiger partial charge in [0.1, 0.15) is 5.58 Å². The number of fused-ring (bicyclic) bond motifs is 3. The summed E-state index contributed by atoms with van der Waals surface area (Å²) in [6.07, 6.45) is 0.334. The minimum absolute atomic E-state index is 0.0148. The van der Waals surface area contributed by atoms with E-state index in [1.54, 1.807) is 12.3 Å². The van der Waals surface area contributed by atoms with Crippen molar-refractivity contribution in [2.75, 3.05) is 0 Å². The van der Waals surface area contributed by atoms with Crippen LogP contribution in [0.3, 0.4) is 0 Å². The lowest BCUT2D eigenvalue weighted by atomic mass is 10.0. The molecule has 3 heterocycles. The van der Waals surface area contributed by atoms with E-state index < -0.39 is 13.2 Å². The Morgan fingerprint density at radius 2 is 1.86 bits per heavy atom. The second kappa shape index (κ2) is 7.17. The molecule has 0 radical (unpaired) electrons. The van der Waals surface area contributed by atoms with Crippen LogP contribution in [-0.4, -0.2) is 9.97 Å². The number of hydrogen-bond donors (Lipinski definition) is 0. The Morgan fingerprint density at radius 1 is 0.966 bits per heavy atom. The fraction of sp³-hybridized carbons (Fsp3) is 0.154. The van der Waals surface area contributed by atoms with Crippen molar-refractivity contribution < 1.29 is 11.3 Å².